The van der Waals surface area contributed by atoms with E-state index in [1.807, 2.05) is 19.9 Å². The minimum atomic E-state index is -0.240. The number of rotatable bonds is 7. The first-order valence-corrected chi connectivity index (χ1v) is 12.7. The number of hydrogen-bond acceptors (Lipinski definition) is 4. The van der Waals surface area contributed by atoms with Gasteiger partial charge < -0.3 is 20.1 Å². The van der Waals surface area contributed by atoms with Gasteiger partial charge in [-0.1, -0.05) is 11.6 Å². The molecule has 2 N–H and O–H groups in total. The van der Waals surface area contributed by atoms with E-state index in [9.17, 15) is 9.59 Å². The van der Waals surface area contributed by atoms with Gasteiger partial charge in [0.15, 0.2) is 5.43 Å². The molecule has 33 heavy (non-hydrogen) atoms. The maximum atomic E-state index is 13.1. The fourth-order valence-corrected chi connectivity index (χ4v) is 5.68. The Hall–Kier alpha value is -1.83. The van der Waals surface area contributed by atoms with Crippen LogP contribution in [0.1, 0.15) is 59.8 Å². The number of benzene rings is 1. The lowest BCUT2D eigenvalue weighted by Crippen LogP contribution is -2.42. The Morgan fingerprint density at radius 1 is 1.15 bits per heavy atom. The summed E-state index contributed by atoms with van der Waals surface area (Å²) < 4.78 is 0.585. The topological polar surface area (TPSA) is 68.4 Å². The summed E-state index contributed by atoms with van der Waals surface area (Å²) >= 11 is 9.87. The maximum Gasteiger partial charge on any atom is 0.251 e. The highest BCUT2D eigenvalue weighted by Gasteiger charge is 2.28. The number of anilines is 1. The maximum absolute atomic E-state index is 13.1. The van der Waals surface area contributed by atoms with Gasteiger partial charge in [0.2, 0.25) is 0 Å². The molecule has 0 bridgehead atoms. The zero-order chi connectivity index (χ0) is 24.3. The molecule has 1 heterocycles. The Labute approximate surface area is 209 Å². The van der Waals surface area contributed by atoms with Gasteiger partial charge in [0.1, 0.15) is 0 Å². The Morgan fingerprint density at radius 2 is 1.79 bits per heavy atom. The molecule has 0 atom stereocenters. The molecule has 2 aromatic rings. The lowest BCUT2D eigenvalue weighted by molar-refractivity contribution is 0.0950. The van der Waals surface area contributed by atoms with Gasteiger partial charge in [-0.2, -0.15) is 0 Å². The van der Waals surface area contributed by atoms with E-state index in [2.05, 4.69) is 57.0 Å². The number of nitrogens with one attached hydrogen (secondary N) is 2. The molecule has 0 aliphatic heterocycles. The highest BCUT2D eigenvalue weighted by atomic mass is 79.9. The van der Waals surface area contributed by atoms with Crippen molar-refractivity contribution in [1.29, 1.82) is 0 Å². The second-order valence-electron chi connectivity index (χ2n) is 9.10. The van der Waals surface area contributed by atoms with Crippen LogP contribution in [-0.4, -0.2) is 48.5 Å². The molecule has 180 valence electrons. The number of amides is 1. The fourth-order valence-electron chi connectivity index (χ4n) is 4.82. The molecule has 1 aromatic carbocycles. The first-order chi connectivity index (χ1) is 15.6. The normalized spacial score (nSPS) is 18.4. The highest BCUT2D eigenvalue weighted by molar-refractivity contribution is 9.10. The molecule has 1 aromatic heterocycles. The van der Waals surface area contributed by atoms with E-state index in [1.54, 1.807) is 6.07 Å². The van der Waals surface area contributed by atoms with Crippen molar-refractivity contribution in [1.82, 2.24) is 15.2 Å². The van der Waals surface area contributed by atoms with E-state index < -0.39 is 0 Å². The SMILES string of the molecule is CCN(c1cc(Cl)cc(C(=O)NCc2c(Br)[nH]c(C)cc2=O)c1C)C1CCC(N(C)C)CC1. The number of aromatic amines is 1. The zero-order valence-corrected chi connectivity index (χ0v) is 22.4. The van der Waals surface area contributed by atoms with Crippen molar-refractivity contribution < 1.29 is 4.79 Å². The Balaban J connectivity index is 1.81. The van der Waals surface area contributed by atoms with E-state index in [4.69, 9.17) is 11.6 Å². The number of hydrogen-bond donors (Lipinski definition) is 2. The lowest BCUT2D eigenvalue weighted by Gasteiger charge is -2.40. The summed E-state index contributed by atoms with van der Waals surface area (Å²) in [5.74, 6) is -0.240. The highest BCUT2D eigenvalue weighted by Crippen LogP contribution is 2.34. The summed E-state index contributed by atoms with van der Waals surface area (Å²) in [7, 11) is 4.30. The van der Waals surface area contributed by atoms with Crippen molar-refractivity contribution in [3.8, 4) is 0 Å². The predicted molar refractivity (Wildman–Crippen MR) is 140 cm³/mol. The van der Waals surface area contributed by atoms with Gasteiger partial charge in [-0.3, -0.25) is 9.59 Å². The van der Waals surface area contributed by atoms with Crippen molar-refractivity contribution in [2.24, 2.45) is 0 Å². The van der Waals surface area contributed by atoms with Crippen molar-refractivity contribution in [3.05, 3.63) is 60.4 Å². The second kappa shape index (κ2) is 11.1. The summed E-state index contributed by atoms with van der Waals surface area (Å²) in [6.07, 6.45) is 4.57. The molecule has 3 rings (SSSR count). The molecule has 0 saturated heterocycles. The molecule has 1 saturated carbocycles. The van der Waals surface area contributed by atoms with Crippen LogP contribution in [0.2, 0.25) is 5.02 Å². The summed E-state index contributed by atoms with van der Waals surface area (Å²) in [6, 6.07) is 6.27. The monoisotopic (exact) mass is 536 g/mol. The van der Waals surface area contributed by atoms with Crippen LogP contribution in [0, 0.1) is 13.8 Å². The van der Waals surface area contributed by atoms with Crippen molar-refractivity contribution >= 4 is 39.1 Å². The quantitative estimate of drug-likeness (QED) is 0.486. The average Bonchev–Trinajstić information content (AvgIpc) is 2.75. The molecular weight excluding hydrogens is 504 g/mol. The largest absolute Gasteiger partial charge is 0.369 e. The lowest BCUT2D eigenvalue weighted by atomic mass is 9.89. The third-order valence-electron chi connectivity index (χ3n) is 6.72. The molecule has 0 spiro atoms. The van der Waals surface area contributed by atoms with Crippen molar-refractivity contribution in [3.63, 3.8) is 0 Å². The van der Waals surface area contributed by atoms with Gasteiger partial charge >= 0.3 is 0 Å². The van der Waals surface area contributed by atoms with Crippen LogP contribution >= 0.6 is 27.5 Å². The van der Waals surface area contributed by atoms with Gasteiger partial charge in [0.25, 0.3) is 5.91 Å². The summed E-state index contributed by atoms with van der Waals surface area (Å²) in [4.78, 5) is 33.2. The molecule has 0 radical (unpaired) electrons. The first-order valence-electron chi connectivity index (χ1n) is 11.5. The predicted octanol–water partition coefficient (Wildman–Crippen LogP) is 5.04. The van der Waals surface area contributed by atoms with E-state index in [-0.39, 0.29) is 17.9 Å². The van der Waals surface area contributed by atoms with E-state index in [1.165, 1.54) is 18.9 Å². The van der Waals surface area contributed by atoms with E-state index in [0.717, 1.165) is 36.3 Å². The van der Waals surface area contributed by atoms with Gasteiger partial charge in [0, 0.05) is 58.8 Å². The van der Waals surface area contributed by atoms with Crippen LogP contribution in [0.4, 0.5) is 5.69 Å². The number of carbonyl (C=O) groups is 1. The number of aromatic nitrogens is 1. The van der Waals surface area contributed by atoms with Crippen LogP contribution in [0.15, 0.2) is 27.6 Å². The van der Waals surface area contributed by atoms with Crippen LogP contribution in [0.5, 0.6) is 0 Å². The van der Waals surface area contributed by atoms with E-state index >= 15 is 0 Å². The van der Waals surface area contributed by atoms with Crippen molar-refractivity contribution in [2.45, 2.75) is 65.1 Å². The number of aryl methyl sites for hydroxylation is 1. The Bertz CT molecular complexity index is 1060. The number of nitrogens with zero attached hydrogens (tertiary/aromatic N) is 2. The zero-order valence-electron chi connectivity index (χ0n) is 20.1. The number of carbonyl (C=O) groups excluding carboxylic acids is 1. The third-order valence-corrected chi connectivity index (χ3v) is 7.61. The standard InChI is InChI=1S/C25H34BrClN4O2/c1-6-31(19-9-7-18(8-10-19)30(4)5)22-13-17(27)12-20(16(22)3)25(33)28-14-21-23(32)11-15(2)29-24(21)26/h11-13,18-19H,6-10,14H2,1-5H3,(H,28,33)(H,29,32). The second-order valence-corrected chi connectivity index (χ2v) is 10.3. The van der Waals surface area contributed by atoms with Gasteiger partial charge in [0.05, 0.1) is 4.60 Å². The summed E-state index contributed by atoms with van der Waals surface area (Å²) in [5.41, 5.74) is 3.59. The molecular formula is C25H34BrClN4O2. The number of halogens is 2. The van der Waals surface area contributed by atoms with Gasteiger partial charge in [-0.05, 0) is 94.2 Å². The van der Waals surface area contributed by atoms with Gasteiger partial charge in [-0.15, -0.1) is 0 Å². The van der Waals surface area contributed by atoms with E-state index in [0.29, 0.717) is 32.8 Å². The summed E-state index contributed by atoms with van der Waals surface area (Å²) in [5, 5.41) is 3.43. The molecule has 1 aliphatic carbocycles. The van der Waals surface area contributed by atoms with Crippen molar-refractivity contribution in [2.75, 3.05) is 25.5 Å². The number of pyridine rings is 1. The van der Waals surface area contributed by atoms with Crippen LogP contribution in [0.3, 0.4) is 0 Å². The smallest absolute Gasteiger partial charge is 0.251 e. The third kappa shape index (κ3) is 6.00. The molecule has 6 nitrogen and oxygen atoms in total. The van der Waals surface area contributed by atoms with Crippen LogP contribution in [0.25, 0.3) is 0 Å². The Kier molecular flexibility index (Phi) is 8.65. The molecule has 8 heteroatoms. The minimum absolute atomic E-state index is 0.118. The molecule has 1 fully saturated rings. The Morgan fingerprint density at radius 3 is 2.36 bits per heavy atom. The molecule has 1 aliphatic rings. The molecule has 0 unspecified atom stereocenters. The minimum Gasteiger partial charge on any atom is -0.369 e. The first kappa shape index (κ1) is 25.8. The number of H-pyrrole nitrogens is 1. The summed E-state index contributed by atoms with van der Waals surface area (Å²) in [6.45, 7) is 6.92. The fraction of sp³-hybridized carbons (Fsp3) is 0.520. The van der Waals surface area contributed by atoms with Gasteiger partial charge in [-0.25, -0.2) is 0 Å². The average molecular weight is 538 g/mol. The molecule has 1 amide bonds. The van der Waals surface area contributed by atoms with Crippen LogP contribution < -0.4 is 15.6 Å². The van der Waals surface area contributed by atoms with Crippen LogP contribution in [-0.2, 0) is 6.54 Å².